The molecule has 1 aromatic carbocycles. The Morgan fingerprint density at radius 3 is 2.89 bits per heavy atom. The number of nitrogens with zero attached hydrogens (tertiary/aromatic N) is 2. The Labute approximate surface area is 171 Å². The summed E-state index contributed by atoms with van der Waals surface area (Å²) in [5, 5.41) is 6.54. The highest BCUT2D eigenvalue weighted by atomic mass is 79.9. The highest BCUT2D eigenvalue weighted by molar-refractivity contribution is 9.11. The molecule has 8 heteroatoms. The highest BCUT2D eigenvalue weighted by Crippen LogP contribution is 2.27. The first-order valence-electron chi connectivity index (χ1n) is 8.58. The van der Waals surface area contributed by atoms with E-state index < -0.39 is 0 Å². The Bertz CT molecular complexity index is 945. The molecule has 27 heavy (non-hydrogen) atoms. The zero-order chi connectivity index (χ0) is 19.6. The summed E-state index contributed by atoms with van der Waals surface area (Å²) in [5.41, 5.74) is 1.33. The molecule has 2 aromatic heterocycles. The molecule has 0 saturated carbocycles. The summed E-state index contributed by atoms with van der Waals surface area (Å²) in [7, 11) is 1.65. The molecule has 0 saturated heterocycles. The maximum absolute atomic E-state index is 12.7. The summed E-state index contributed by atoms with van der Waals surface area (Å²) in [4.78, 5) is 17.7. The van der Waals surface area contributed by atoms with Gasteiger partial charge in [-0.25, -0.2) is 4.98 Å². The van der Waals surface area contributed by atoms with Gasteiger partial charge in [0.2, 0.25) is 0 Å². The fourth-order valence-corrected chi connectivity index (χ4v) is 4.17. The number of halogens is 1. The lowest BCUT2D eigenvalue weighted by molar-refractivity contribution is 0.0944. The quantitative estimate of drug-likeness (QED) is 0.582. The summed E-state index contributed by atoms with van der Waals surface area (Å²) >= 11 is 4.93. The predicted octanol–water partition coefficient (Wildman–Crippen LogP) is 4.42. The maximum Gasteiger partial charge on any atom is 0.273 e. The molecule has 0 spiro atoms. The zero-order valence-electron chi connectivity index (χ0n) is 15.7. The smallest absolute Gasteiger partial charge is 0.273 e. The number of aromatic nitrogens is 2. The highest BCUT2D eigenvalue weighted by Gasteiger charge is 2.26. The van der Waals surface area contributed by atoms with Crippen LogP contribution in [0, 0.1) is 5.41 Å². The van der Waals surface area contributed by atoms with Crippen LogP contribution in [0.15, 0.2) is 40.6 Å². The largest absolute Gasteiger partial charge is 0.497 e. The number of nitrogens with one attached hydrogen (secondary N) is 2. The van der Waals surface area contributed by atoms with Crippen LogP contribution in [-0.4, -0.2) is 35.0 Å². The lowest BCUT2D eigenvalue weighted by atomic mass is 9.86. The number of carbonyl (C=O) groups excluding carboxylic acids is 1. The first-order valence-corrected chi connectivity index (χ1v) is 10.2. The van der Waals surface area contributed by atoms with Crippen LogP contribution >= 0.6 is 27.3 Å². The van der Waals surface area contributed by atoms with E-state index in [4.69, 9.17) is 4.74 Å². The van der Waals surface area contributed by atoms with Gasteiger partial charge >= 0.3 is 0 Å². The van der Waals surface area contributed by atoms with Crippen molar-refractivity contribution < 1.29 is 9.53 Å². The molecule has 0 aliphatic carbocycles. The van der Waals surface area contributed by atoms with Crippen LogP contribution in [0.5, 0.6) is 5.75 Å². The molecule has 0 aliphatic rings. The Hall–Kier alpha value is -2.06. The number of hydrogen-bond acceptors (Lipinski definition) is 5. The number of carbonyl (C=O) groups is 1. The minimum atomic E-state index is -0.173. The SMILES string of the molecule is COc1cccc(NC(CNC(=O)c2ncn3cc(Br)sc23)C(C)(C)C)c1. The molecule has 1 atom stereocenters. The van der Waals surface area contributed by atoms with Crippen molar-refractivity contribution in [2.45, 2.75) is 26.8 Å². The number of hydrogen-bond donors (Lipinski definition) is 2. The summed E-state index contributed by atoms with van der Waals surface area (Å²) in [6.07, 6.45) is 3.55. The van der Waals surface area contributed by atoms with Gasteiger partial charge in [-0.3, -0.25) is 9.20 Å². The second-order valence-electron chi connectivity index (χ2n) is 7.35. The Morgan fingerprint density at radius 2 is 2.19 bits per heavy atom. The van der Waals surface area contributed by atoms with Gasteiger partial charge in [-0.15, -0.1) is 11.3 Å². The lowest BCUT2D eigenvalue weighted by Crippen LogP contribution is -2.44. The molecule has 2 N–H and O–H groups in total. The van der Waals surface area contributed by atoms with Crippen LogP contribution in [0.25, 0.3) is 4.83 Å². The summed E-state index contributed by atoms with van der Waals surface area (Å²) in [5.74, 6) is 0.619. The molecule has 3 aromatic rings. The maximum atomic E-state index is 12.7. The van der Waals surface area contributed by atoms with E-state index in [1.165, 1.54) is 11.3 Å². The van der Waals surface area contributed by atoms with Gasteiger partial charge < -0.3 is 15.4 Å². The number of amides is 1. The third-order valence-corrected chi connectivity index (χ3v) is 5.91. The number of thiazole rings is 1. The minimum absolute atomic E-state index is 0.0294. The monoisotopic (exact) mass is 450 g/mol. The average Bonchev–Trinajstić information content (AvgIpc) is 3.16. The molecular formula is C19H23BrN4O2S. The van der Waals surface area contributed by atoms with E-state index in [1.807, 2.05) is 34.9 Å². The molecule has 0 fully saturated rings. The fourth-order valence-electron chi connectivity index (χ4n) is 2.69. The number of imidazole rings is 1. The lowest BCUT2D eigenvalue weighted by Gasteiger charge is -2.32. The number of ether oxygens (including phenoxy) is 1. The van der Waals surface area contributed by atoms with Gasteiger partial charge in [0, 0.05) is 30.5 Å². The molecule has 144 valence electrons. The number of methoxy groups -OCH3 is 1. The van der Waals surface area contributed by atoms with Crippen LogP contribution in [0.3, 0.4) is 0 Å². The standard InChI is InChI=1S/C19H23BrN4O2S/c1-19(2,3)14(23-12-6-5-7-13(8-12)26-4)9-21-17(25)16-18-24(11-22-16)10-15(20)27-18/h5-8,10-11,14,23H,9H2,1-4H3,(H,21,25). The van der Waals surface area contributed by atoms with Crippen molar-refractivity contribution in [1.29, 1.82) is 0 Å². The van der Waals surface area contributed by atoms with Crippen molar-refractivity contribution in [1.82, 2.24) is 14.7 Å². The molecule has 6 nitrogen and oxygen atoms in total. The normalized spacial score (nSPS) is 12.8. The van der Waals surface area contributed by atoms with Gasteiger partial charge in [-0.05, 0) is 33.5 Å². The van der Waals surface area contributed by atoms with Gasteiger partial charge in [-0.2, -0.15) is 0 Å². The van der Waals surface area contributed by atoms with Crippen LogP contribution in [-0.2, 0) is 0 Å². The average molecular weight is 451 g/mol. The molecule has 1 unspecified atom stereocenters. The molecule has 1 amide bonds. The van der Waals surface area contributed by atoms with Gasteiger partial charge in [0.1, 0.15) is 16.9 Å². The van der Waals surface area contributed by atoms with Crippen molar-refractivity contribution in [3.05, 3.63) is 46.3 Å². The summed E-state index contributed by atoms with van der Waals surface area (Å²) in [6.45, 7) is 6.90. The first kappa shape index (κ1) is 19.7. The fraction of sp³-hybridized carbons (Fsp3) is 0.368. The second-order valence-corrected chi connectivity index (χ2v) is 9.76. The summed E-state index contributed by atoms with van der Waals surface area (Å²) < 4.78 is 8.10. The van der Waals surface area contributed by atoms with Gasteiger partial charge in [0.05, 0.1) is 10.9 Å². The van der Waals surface area contributed by atoms with Crippen LogP contribution in [0.4, 0.5) is 5.69 Å². The molecule has 0 bridgehead atoms. The van der Waals surface area contributed by atoms with E-state index in [1.54, 1.807) is 13.4 Å². The van der Waals surface area contributed by atoms with Crippen molar-refractivity contribution >= 4 is 43.7 Å². The number of benzene rings is 1. The zero-order valence-corrected chi connectivity index (χ0v) is 18.1. The summed E-state index contributed by atoms with van der Waals surface area (Å²) in [6, 6.07) is 7.81. The molecule has 3 rings (SSSR count). The predicted molar refractivity (Wildman–Crippen MR) is 113 cm³/mol. The second kappa shape index (κ2) is 7.90. The van der Waals surface area contributed by atoms with E-state index in [0.717, 1.165) is 20.1 Å². The van der Waals surface area contributed by atoms with Crippen molar-refractivity contribution in [2.24, 2.45) is 5.41 Å². The Morgan fingerprint density at radius 1 is 1.41 bits per heavy atom. The first-order chi connectivity index (χ1) is 12.8. The van der Waals surface area contributed by atoms with Gasteiger partial charge in [0.15, 0.2) is 5.69 Å². The van der Waals surface area contributed by atoms with Crippen LogP contribution < -0.4 is 15.4 Å². The van der Waals surface area contributed by atoms with Crippen molar-refractivity contribution in [2.75, 3.05) is 19.0 Å². The van der Waals surface area contributed by atoms with E-state index >= 15 is 0 Å². The van der Waals surface area contributed by atoms with Gasteiger partial charge in [0.25, 0.3) is 5.91 Å². The number of anilines is 1. The Balaban J connectivity index is 1.72. The molecule has 0 radical (unpaired) electrons. The number of fused-ring (bicyclic) bond motifs is 1. The van der Waals surface area contributed by atoms with Crippen LogP contribution in [0.1, 0.15) is 31.3 Å². The topological polar surface area (TPSA) is 67.7 Å². The van der Waals surface area contributed by atoms with E-state index in [-0.39, 0.29) is 17.4 Å². The number of rotatable bonds is 6. The van der Waals surface area contributed by atoms with Gasteiger partial charge in [-0.1, -0.05) is 26.8 Å². The molecule has 2 heterocycles. The third kappa shape index (κ3) is 4.62. The molecular weight excluding hydrogens is 428 g/mol. The van der Waals surface area contributed by atoms with Crippen molar-refractivity contribution in [3.8, 4) is 5.75 Å². The van der Waals surface area contributed by atoms with E-state index in [2.05, 4.69) is 52.3 Å². The third-order valence-electron chi connectivity index (χ3n) is 4.32. The van der Waals surface area contributed by atoms with Crippen LogP contribution in [0.2, 0.25) is 0 Å². The van der Waals surface area contributed by atoms with Crippen molar-refractivity contribution in [3.63, 3.8) is 0 Å². The van der Waals surface area contributed by atoms with E-state index in [0.29, 0.717) is 12.2 Å². The van der Waals surface area contributed by atoms with E-state index in [9.17, 15) is 4.79 Å². The minimum Gasteiger partial charge on any atom is -0.497 e. The molecule has 0 aliphatic heterocycles. The Kier molecular flexibility index (Phi) is 5.76.